The van der Waals surface area contributed by atoms with Crippen molar-refractivity contribution in [2.75, 3.05) is 13.7 Å². The second-order valence-corrected chi connectivity index (χ2v) is 8.14. The zero-order chi connectivity index (χ0) is 21.9. The molecule has 0 fully saturated rings. The molecule has 0 saturated carbocycles. The van der Waals surface area contributed by atoms with Crippen molar-refractivity contribution in [1.29, 1.82) is 0 Å². The van der Waals surface area contributed by atoms with E-state index >= 15 is 0 Å². The molecule has 2 heterocycles. The zero-order valence-electron chi connectivity index (χ0n) is 16.2. The highest BCUT2D eigenvalue weighted by Crippen LogP contribution is 2.26. The van der Waals surface area contributed by atoms with Crippen LogP contribution < -0.4 is 4.74 Å². The number of para-hydroxylation sites is 1. The molecule has 30 heavy (non-hydrogen) atoms. The molecular formula is C19H19FN4O5S. The van der Waals surface area contributed by atoms with Crippen LogP contribution in [-0.4, -0.2) is 52.9 Å². The third-order valence-electron chi connectivity index (χ3n) is 4.12. The fourth-order valence-electron chi connectivity index (χ4n) is 2.67. The number of hydrogen-bond acceptors (Lipinski definition) is 6. The summed E-state index contributed by atoms with van der Waals surface area (Å²) < 4.78 is 47.1. The van der Waals surface area contributed by atoms with Crippen LogP contribution in [0.2, 0.25) is 0 Å². The summed E-state index contributed by atoms with van der Waals surface area (Å²) in [4.78, 5) is 15.9. The molecule has 1 amide bonds. The molecule has 0 saturated heterocycles. The highest BCUT2D eigenvalue weighted by Gasteiger charge is 2.27. The lowest BCUT2D eigenvalue weighted by Gasteiger charge is -2.10. The maximum absolute atomic E-state index is 14.4. The molecule has 0 aliphatic carbocycles. The Morgan fingerprint density at radius 3 is 2.60 bits per heavy atom. The minimum Gasteiger partial charge on any atom is -0.478 e. The third-order valence-corrected chi connectivity index (χ3v) is 5.82. The van der Waals surface area contributed by atoms with Crippen molar-refractivity contribution in [2.45, 2.75) is 23.4 Å². The van der Waals surface area contributed by atoms with Crippen molar-refractivity contribution >= 4 is 15.9 Å². The monoisotopic (exact) mass is 434 g/mol. The topological polar surface area (TPSA) is 115 Å². The summed E-state index contributed by atoms with van der Waals surface area (Å²) in [5.41, 5.74) is 0.0554. The highest BCUT2D eigenvalue weighted by atomic mass is 32.2. The van der Waals surface area contributed by atoms with Gasteiger partial charge >= 0.3 is 6.09 Å². The number of pyridine rings is 1. The van der Waals surface area contributed by atoms with Gasteiger partial charge < -0.3 is 14.7 Å². The third kappa shape index (κ3) is 4.25. The van der Waals surface area contributed by atoms with Crippen molar-refractivity contribution in [3.8, 4) is 11.6 Å². The van der Waals surface area contributed by atoms with E-state index in [0.717, 1.165) is 15.8 Å². The van der Waals surface area contributed by atoms with Crippen LogP contribution >= 0.6 is 0 Å². The van der Waals surface area contributed by atoms with E-state index in [1.54, 1.807) is 6.92 Å². The number of hydrogen-bond donors (Lipinski definition) is 1. The van der Waals surface area contributed by atoms with Crippen molar-refractivity contribution in [2.24, 2.45) is 0 Å². The van der Waals surface area contributed by atoms with Crippen molar-refractivity contribution in [3.05, 3.63) is 60.2 Å². The van der Waals surface area contributed by atoms with E-state index in [1.165, 1.54) is 49.5 Å². The number of rotatable bonds is 7. The Hall–Kier alpha value is -3.47. The average molecular weight is 434 g/mol. The number of amides is 1. The summed E-state index contributed by atoms with van der Waals surface area (Å²) >= 11 is 0. The van der Waals surface area contributed by atoms with E-state index in [1.807, 2.05) is 0 Å². The fourth-order valence-corrected chi connectivity index (χ4v) is 4.00. The maximum atomic E-state index is 14.4. The van der Waals surface area contributed by atoms with Gasteiger partial charge in [-0.25, -0.2) is 27.3 Å². The van der Waals surface area contributed by atoms with Crippen LogP contribution in [0.5, 0.6) is 5.88 Å². The second-order valence-electron chi connectivity index (χ2n) is 6.24. The van der Waals surface area contributed by atoms with Gasteiger partial charge in [0, 0.05) is 25.4 Å². The lowest BCUT2D eigenvalue weighted by Crippen LogP contribution is -2.24. The Morgan fingerprint density at radius 1 is 1.27 bits per heavy atom. The van der Waals surface area contributed by atoms with Crippen molar-refractivity contribution < 1.29 is 27.4 Å². The quantitative estimate of drug-likeness (QED) is 0.608. The summed E-state index contributed by atoms with van der Waals surface area (Å²) in [5.74, 6) is -0.414. The average Bonchev–Trinajstić information content (AvgIpc) is 3.13. The van der Waals surface area contributed by atoms with E-state index < -0.39 is 21.7 Å². The van der Waals surface area contributed by atoms with Crippen LogP contribution in [0.3, 0.4) is 0 Å². The Balaban J connectivity index is 2.12. The molecule has 0 spiro atoms. The Bertz CT molecular complexity index is 1160. The molecule has 0 bridgehead atoms. The largest absolute Gasteiger partial charge is 0.478 e. The lowest BCUT2D eigenvalue weighted by molar-refractivity contribution is 0.153. The molecule has 0 aliphatic heterocycles. The lowest BCUT2D eigenvalue weighted by atomic mass is 10.3. The van der Waals surface area contributed by atoms with Gasteiger partial charge in [0.2, 0.25) is 15.7 Å². The highest BCUT2D eigenvalue weighted by molar-refractivity contribution is 7.91. The molecule has 11 heteroatoms. The number of sulfone groups is 1. The van der Waals surface area contributed by atoms with Gasteiger partial charge in [0.25, 0.3) is 0 Å². The molecule has 3 rings (SSSR count). The molecule has 0 radical (unpaired) electrons. The molecule has 158 valence electrons. The van der Waals surface area contributed by atoms with E-state index in [9.17, 15) is 17.6 Å². The maximum Gasteiger partial charge on any atom is 0.407 e. The first kappa shape index (κ1) is 21.2. The molecule has 9 nitrogen and oxygen atoms in total. The van der Waals surface area contributed by atoms with Gasteiger partial charge in [0.1, 0.15) is 11.5 Å². The summed E-state index contributed by atoms with van der Waals surface area (Å²) in [6.45, 7) is 1.97. The Labute approximate surface area is 172 Å². The first-order valence-corrected chi connectivity index (χ1v) is 10.3. The van der Waals surface area contributed by atoms with Crippen molar-refractivity contribution in [1.82, 2.24) is 19.7 Å². The van der Waals surface area contributed by atoms with Crippen LogP contribution in [0.25, 0.3) is 5.69 Å². The minimum absolute atomic E-state index is 0.0841. The van der Waals surface area contributed by atoms with E-state index in [2.05, 4.69) is 10.1 Å². The predicted octanol–water partition coefficient (Wildman–Crippen LogP) is 2.75. The summed E-state index contributed by atoms with van der Waals surface area (Å²) in [7, 11) is -2.84. The van der Waals surface area contributed by atoms with Crippen LogP contribution in [-0.2, 0) is 16.4 Å². The SMILES string of the molecule is CCOc1ccc(S(=O)(=O)c2cc(CN(C)C(=O)O)nn2-c2ccccc2F)cn1. The van der Waals surface area contributed by atoms with E-state index in [0.29, 0.717) is 6.61 Å². The molecule has 3 aromatic rings. The summed E-state index contributed by atoms with van der Waals surface area (Å²) in [6, 6.07) is 9.52. The molecule has 0 unspecified atom stereocenters. The molecule has 1 N–H and O–H groups in total. The van der Waals surface area contributed by atoms with Gasteiger partial charge in [-0.05, 0) is 25.1 Å². The second kappa shape index (κ2) is 8.49. The smallest absolute Gasteiger partial charge is 0.407 e. The molecule has 0 atom stereocenters. The first-order valence-electron chi connectivity index (χ1n) is 8.86. The molecule has 2 aromatic heterocycles. The molecular weight excluding hydrogens is 415 g/mol. The van der Waals surface area contributed by atoms with Gasteiger partial charge in [-0.3, -0.25) is 0 Å². The van der Waals surface area contributed by atoms with Crippen LogP contribution in [0.1, 0.15) is 12.6 Å². The number of carbonyl (C=O) groups is 1. The summed E-state index contributed by atoms with van der Waals surface area (Å²) in [5, 5.41) is 12.9. The number of nitrogens with zero attached hydrogens (tertiary/aromatic N) is 4. The molecule has 1 aromatic carbocycles. The van der Waals surface area contributed by atoms with E-state index in [-0.39, 0.29) is 33.7 Å². The van der Waals surface area contributed by atoms with Gasteiger partial charge in [0.15, 0.2) is 5.03 Å². The zero-order valence-corrected chi connectivity index (χ0v) is 17.0. The Kier molecular flexibility index (Phi) is 6.01. The number of ether oxygens (including phenoxy) is 1. The Morgan fingerprint density at radius 2 is 2.00 bits per heavy atom. The number of benzene rings is 1. The standard InChI is InChI=1S/C19H19FN4O5S/c1-3-29-17-9-8-14(11-21-17)30(27,28)18-10-13(12-23(2)19(25)26)22-24(18)16-7-5-4-6-15(16)20/h4-11H,3,12H2,1-2H3,(H,25,26). The van der Waals surface area contributed by atoms with Crippen LogP contribution in [0, 0.1) is 5.82 Å². The van der Waals surface area contributed by atoms with Crippen molar-refractivity contribution in [3.63, 3.8) is 0 Å². The van der Waals surface area contributed by atoms with Gasteiger partial charge in [-0.1, -0.05) is 12.1 Å². The fraction of sp³-hybridized carbons (Fsp3) is 0.211. The number of carboxylic acid groups (broad SMARTS) is 1. The summed E-state index contributed by atoms with van der Waals surface area (Å²) in [6.07, 6.45) is -0.0715. The number of aromatic nitrogens is 3. The predicted molar refractivity (Wildman–Crippen MR) is 104 cm³/mol. The normalized spacial score (nSPS) is 11.3. The van der Waals surface area contributed by atoms with Crippen LogP contribution in [0.15, 0.2) is 58.6 Å². The molecule has 0 aliphatic rings. The van der Waals surface area contributed by atoms with Gasteiger partial charge in [-0.15, -0.1) is 0 Å². The van der Waals surface area contributed by atoms with Crippen LogP contribution in [0.4, 0.5) is 9.18 Å². The first-order chi connectivity index (χ1) is 14.2. The van der Waals surface area contributed by atoms with E-state index in [4.69, 9.17) is 9.84 Å². The van der Waals surface area contributed by atoms with Gasteiger partial charge in [-0.2, -0.15) is 5.10 Å². The van der Waals surface area contributed by atoms with Gasteiger partial charge in [0.05, 0.1) is 23.7 Å². The minimum atomic E-state index is -4.15. The number of halogens is 1.